The quantitative estimate of drug-likeness (QED) is 0.732. The van der Waals surface area contributed by atoms with Crippen LogP contribution in [0.2, 0.25) is 0 Å². The van der Waals surface area contributed by atoms with Gasteiger partial charge >= 0.3 is 0 Å². The van der Waals surface area contributed by atoms with E-state index in [4.69, 9.17) is 0 Å². The summed E-state index contributed by atoms with van der Waals surface area (Å²) in [6.45, 7) is 7.78. The molecule has 2 rings (SSSR count). The molecule has 0 atom stereocenters. The zero-order valence-corrected chi connectivity index (χ0v) is 10.7. The lowest BCUT2D eigenvalue weighted by Crippen LogP contribution is -2.09. The lowest BCUT2D eigenvalue weighted by atomic mass is 9.92. The normalized spacial score (nSPS) is 11.9. The molecule has 1 heterocycles. The molecule has 2 nitrogen and oxygen atoms in total. The van der Waals surface area contributed by atoms with E-state index in [1.54, 1.807) is 0 Å². The molecule has 0 spiro atoms. The smallest absolute Gasteiger partial charge is 0.150 e. The van der Waals surface area contributed by atoms with Crippen LogP contribution in [0.4, 0.5) is 0 Å². The van der Waals surface area contributed by atoms with Gasteiger partial charge in [0.15, 0.2) is 0 Å². The molecule has 0 saturated carbocycles. The van der Waals surface area contributed by atoms with Crippen LogP contribution in [0, 0.1) is 5.41 Å². The SMILES string of the molecule is CC(C)(C)CCn1ccc2cc(C=O)ccc21. The molecule has 1 aromatic carbocycles. The number of carbonyl (C=O) groups is 1. The van der Waals surface area contributed by atoms with Gasteiger partial charge in [0.25, 0.3) is 0 Å². The van der Waals surface area contributed by atoms with Gasteiger partial charge in [0.2, 0.25) is 0 Å². The van der Waals surface area contributed by atoms with Gasteiger partial charge in [-0.25, -0.2) is 0 Å². The maximum absolute atomic E-state index is 10.7. The van der Waals surface area contributed by atoms with Gasteiger partial charge in [-0.3, -0.25) is 4.79 Å². The van der Waals surface area contributed by atoms with Crippen molar-refractivity contribution >= 4 is 17.2 Å². The third-order valence-electron chi connectivity index (χ3n) is 3.03. The maximum atomic E-state index is 10.7. The van der Waals surface area contributed by atoms with E-state index in [9.17, 15) is 4.79 Å². The van der Waals surface area contributed by atoms with Crippen molar-refractivity contribution in [3.8, 4) is 0 Å². The van der Waals surface area contributed by atoms with Crippen molar-refractivity contribution in [2.45, 2.75) is 33.7 Å². The van der Waals surface area contributed by atoms with Gasteiger partial charge in [0.1, 0.15) is 6.29 Å². The van der Waals surface area contributed by atoms with Crippen LogP contribution in [-0.2, 0) is 6.54 Å². The molecule has 0 radical (unpaired) electrons. The van der Waals surface area contributed by atoms with Gasteiger partial charge in [0.05, 0.1) is 0 Å². The molecular formula is C15H19NO. The third-order valence-corrected chi connectivity index (χ3v) is 3.03. The number of aromatic nitrogens is 1. The van der Waals surface area contributed by atoms with E-state index in [1.807, 2.05) is 18.2 Å². The molecule has 0 aliphatic heterocycles. The molecule has 0 saturated heterocycles. The highest BCUT2D eigenvalue weighted by Crippen LogP contribution is 2.22. The van der Waals surface area contributed by atoms with Crippen LogP contribution in [0.5, 0.6) is 0 Å². The van der Waals surface area contributed by atoms with E-state index in [-0.39, 0.29) is 0 Å². The number of benzene rings is 1. The summed E-state index contributed by atoms with van der Waals surface area (Å²) in [5.41, 5.74) is 2.30. The van der Waals surface area contributed by atoms with Crippen molar-refractivity contribution in [2.75, 3.05) is 0 Å². The highest BCUT2D eigenvalue weighted by atomic mass is 16.1. The molecule has 0 unspecified atom stereocenters. The highest BCUT2D eigenvalue weighted by molar-refractivity contribution is 5.87. The Labute approximate surface area is 102 Å². The molecule has 0 aliphatic carbocycles. The minimum absolute atomic E-state index is 0.347. The number of fused-ring (bicyclic) bond motifs is 1. The van der Waals surface area contributed by atoms with Crippen LogP contribution in [0.3, 0.4) is 0 Å². The maximum Gasteiger partial charge on any atom is 0.150 e. The van der Waals surface area contributed by atoms with Gasteiger partial charge in [-0.15, -0.1) is 0 Å². The molecule has 2 heteroatoms. The predicted molar refractivity (Wildman–Crippen MR) is 71.4 cm³/mol. The first-order valence-electron chi connectivity index (χ1n) is 6.04. The predicted octanol–water partition coefficient (Wildman–Crippen LogP) is 3.89. The van der Waals surface area contributed by atoms with Gasteiger partial charge < -0.3 is 4.57 Å². The topological polar surface area (TPSA) is 22.0 Å². The molecule has 0 amide bonds. The monoisotopic (exact) mass is 229 g/mol. The summed E-state index contributed by atoms with van der Waals surface area (Å²) in [4.78, 5) is 10.7. The molecule has 0 aliphatic rings. The van der Waals surface area contributed by atoms with E-state index in [1.165, 1.54) is 5.52 Å². The van der Waals surface area contributed by atoms with Gasteiger partial charge in [0, 0.05) is 29.2 Å². The number of hydrogen-bond donors (Lipinski definition) is 0. The number of aryl methyl sites for hydroxylation is 1. The van der Waals surface area contributed by atoms with E-state index in [0.29, 0.717) is 5.41 Å². The standard InChI is InChI=1S/C15H19NO/c1-15(2,3)7-9-16-8-6-13-10-12(11-17)4-5-14(13)16/h4-6,8,10-11H,7,9H2,1-3H3. The Balaban J connectivity index is 2.27. The molecule has 0 fully saturated rings. The van der Waals surface area contributed by atoms with Crippen LogP contribution < -0.4 is 0 Å². The fraction of sp³-hybridized carbons (Fsp3) is 0.400. The number of nitrogens with zero attached hydrogens (tertiary/aromatic N) is 1. The van der Waals surface area contributed by atoms with Gasteiger partial charge in [-0.2, -0.15) is 0 Å². The summed E-state index contributed by atoms with van der Waals surface area (Å²) in [6, 6.07) is 7.92. The summed E-state index contributed by atoms with van der Waals surface area (Å²) in [6.07, 6.45) is 4.14. The summed E-state index contributed by atoms with van der Waals surface area (Å²) < 4.78 is 2.26. The number of carbonyl (C=O) groups excluding carboxylic acids is 1. The van der Waals surface area contributed by atoms with E-state index in [0.717, 1.165) is 30.2 Å². The highest BCUT2D eigenvalue weighted by Gasteiger charge is 2.10. The Morgan fingerprint density at radius 1 is 1.24 bits per heavy atom. The van der Waals surface area contributed by atoms with Gasteiger partial charge in [-0.05, 0) is 36.1 Å². The number of rotatable bonds is 3. The zero-order chi connectivity index (χ0) is 12.5. The molecule has 2 aromatic rings. The first-order chi connectivity index (χ1) is 7.99. The Hall–Kier alpha value is -1.57. The lowest BCUT2D eigenvalue weighted by molar-refractivity contribution is 0.112. The summed E-state index contributed by atoms with van der Waals surface area (Å²) in [5.74, 6) is 0. The van der Waals surface area contributed by atoms with Crippen LogP contribution in [0.1, 0.15) is 37.6 Å². The summed E-state index contributed by atoms with van der Waals surface area (Å²) >= 11 is 0. The third kappa shape index (κ3) is 2.76. The lowest BCUT2D eigenvalue weighted by Gasteiger charge is -2.18. The van der Waals surface area contributed by atoms with Gasteiger partial charge in [-0.1, -0.05) is 20.8 Å². The van der Waals surface area contributed by atoms with Crippen molar-refractivity contribution in [1.29, 1.82) is 0 Å². The summed E-state index contributed by atoms with van der Waals surface area (Å²) in [5, 5.41) is 1.14. The molecule has 90 valence electrons. The number of aldehydes is 1. The van der Waals surface area contributed by atoms with E-state index >= 15 is 0 Å². The second-order valence-electron chi connectivity index (χ2n) is 5.76. The Morgan fingerprint density at radius 2 is 2.00 bits per heavy atom. The second-order valence-corrected chi connectivity index (χ2v) is 5.76. The van der Waals surface area contributed by atoms with Crippen LogP contribution in [-0.4, -0.2) is 10.9 Å². The Kier molecular flexibility index (Phi) is 3.05. The molecule has 17 heavy (non-hydrogen) atoms. The zero-order valence-electron chi connectivity index (χ0n) is 10.7. The Bertz CT molecular complexity index is 531. The fourth-order valence-corrected chi connectivity index (χ4v) is 1.94. The van der Waals surface area contributed by atoms with Crippen molar-refractivity contribution in [3.63, 3.8) is 0 Å². The first-order valence-corrected chi connectivity index (χ1v) is 6.04. The van der Waals surface area contributed by atoms with Crippen LogP contribution in [0.15, 0.2) is 30.5 Å². The van der Waals surface area contributed by atoms with Crippen molar-refractivity contribution < 1.29 is 4.79 Å². The molecule has 1 aromatic heterocycles. The average Bonchev–Trinajstić information content (AvgIpc) is 2.67. The molecular weight excluding hydrogens is 210 g/mol. The minimum atomic E-state index is 0.347. The fourth-order valence-electron chi connectivity index (χ4n) is 1.94. The largest absolute Gasteiger partial charge is 0.347 e. The van der Waals surface area contributed by atoms with E-state index in [2.05, 4.69) is 37.6 Å². The second kappa shape index (κ2) is 4.36. The number of hydrogen-bond acceptors (Lipinski definition) is 1. The molecule has 0 N–H and O–H groups in total. The van der Waals surface area contributed by atoms with Crippen molar-refractivity contribution in [2.24, 2.45) is 5.41 Å². The van der Waals surface area contributed by atoms with Crippen molar-refractivity contribution in [1.82, 2.24) is 4.57 Å². The van der Waals surface area contributed by atoms with E-state index < -0.39 is 0 Å². The van der Waals surface area contributed by atoms with Crippen LogP contribution in [0.25, 0.3) is 10.9 Å². The Morgan fingerprint density at radius 3 is 2.65 bits per heavy atom. The average molecular weight is 229 g/mol. The van der Waals surface area contributed by atoms with Crippen molar-refractivity contribution in [3.05, 3.63) is 36.0 Å². The van der Waals surface area contributed by atoms with Crippen LogP contribution >= 0.6 is 0 Å². The first kappa shape index (κ1) is 11.9. The minimum Gasteiger partial charge on any atom is -0.347 e. The molecule has 0 bridgehead atoms. The summed E-state index contributed by atoms with van der Waals surface area (Å²) in [7, 11) is 0.